The van der Waals surface area contributed by atoms with Crippen LogP contribution in [0.2, 0.25) is 0 Å². The van der Waals surface area contributed by atoms with Crippen molar-refractivity contribution in [1.29, 1.82) is 0 Å². The predicted octanol–water partition coefficient (Wildman–Crippen LogP) is -1.82. The van der Waals surface area contributed by atoms with E-state index in [1.807, 2.05) is 6.92 Å². The van der Waals surface area contributed by atoms with E-state index in [1.54, 1.807) is 27.7 Å². The van der Waals surface area contributed by atoms with E-state index in [1.165, 1.54) is 4.90 Å². The fourth-order valence-corrected chi connectivity index (χ4v) is 4.98. The molecule has 0 aliphatic carbocycles. The smallest absolute Gasteiger partial charge is 0.305 e. The summed E-state index contributed by atoms with van der Waals surface area (Å²) in [6, 6.07) is -7.41. The summed E-state index contributed by atoms with van der Waals surface area (Å²) >= 11 is 0. The summed E-state index contributed by atoms with van der Waals surface area (Å²) in [5, 5.41) is 28.1. The molecule has 0 radical (unpaired) electrons. The Balaban J connectivity index is 3.18. The van der Waals surface area contributed by atoms with E-state index in [0.717, 1.165) is 0 Å². The minimum absolute atomic E-state index is 0.233. The SMILES string of the molecule is CCC[C@H](NC(=O)[C@@H]1CCCN1C(=O)[C@@H](NC(=O)[C@@H](NC(=O)[C@H](CC(=O)O)NC(=O)[C@@H](N)CC(=O)O)[C@@H](C)CC)C(C)C)C(N)=O. The molecule has 7 atom stereocenters. The minimum atomic E-state index is -1.69. The van der Waals surface area contributed by atoms with Crippen molar-refractivity contribution in [2.24, 2.45) is 23.3 Å². The standard InChI is InChI=1S/C29H49N7O10/c1-6-9-17(24(31)41)32-27(44)19-10-8-11-36(19)29(46)22(14(3)4)34-28(45)23(15(5)7-2)35-26(43)18(13-21(39)40)33-25(42)16(30)12-20(37)38/h14-19,22-23H,6-13,30H2,1-5H3,(H2,31,41)(H,32,44)(H,33,42)(H,34,45)(H,35,43)(H,37,38)(H,39,40)/t15-,16-,17-,18-,19-,22-,23-/m0/s1. The Bertz CT molecular complexity index is 1150. The van der Waals surface area contributed by atoms with Gasteiger partial charge in [0.05, 0.1) is 18.9 Å². The lowest BCUT2D eigenvalue weighted by Gasteiger charge is -2.33. The third-order valence-electron chi connectivity index (χ3n) is 7.84. The number of nitrogens with one attached hydrogen (secondary N) is 4. The summed E-state index contributed by atoms with van der Waals surface area (Å²) in [5.41, 5.74) is 11.0. The van der Waals surface area contributed by atoms with E-state index in [-0.39, 0.29) is 6.54 Å². The normalized spacial score (nSPS) is 18.3. The van der Waals surface area contributed by atoms with Gasteiger partial charge in [0.25, 0.3) is 0 Å². The van der Waals surface area contributed by atoms with Gasteiger partial charge < -0.3 is 47.8 Å². The topological polar surface area (TPSA) is 280 Å². The van der Waals surface area contributed by atoms with Gasteiger partial charge in [0.15, 0.2) is 0 Å². The van der Waals surface area contributed by atoms with Gasteiger partial charge in [0, 0.05) is 6.54 Å². The molecule has 0 aromatic heterocycles. The van der Waals surface area contributed by atoms with Gasteiger partial charge in [-0.25, -0.2) is 0 Å². The molecule has 6 amide bonds. The molecular formula is C29H49N7O10. The lowest BCUT2D eigenvalue weighted by Crippen LogP contribution is -2.61. The molecule has 0 aromatic carbocycles. The highest BCUT2D eigenvalue weighted by Crippen LogP contribution is 2.21. The zero-order chi connectivity index (χ0) is 35.3. The number of rotatable bonds is 19. The van der Waals surface area contributed by atoms with Crippen molar-refractivity contribution in [3.05, 3.63) is 0 Å². The number of carboxylic acids is 2. The summed E-state index contributed by atoms with van der Waals surface area (Å²) in [5.74, 6) is -8.42. The molecule has 0 unspecified atom stereocenters. The van der Waals surface area contributed by atoms with Crippen LogP contribution in [0.25, 0.3) is 0 Å². The molecule has 46 heavy (non-hydrogen) atoms. The number of carbonyl (C=O) groups excluding carboxylic acids is 6. The highest BCUT2D eigenvalue weighted by atomic mass is 16.4. The van der Waals surface area contributed by atoms with E-state index in [0.29, 0.717) is 32.1 Å². The van der Waals surface area contributed by atoms with Crippen LogP contribution in [0.1, 0.15) is 79.6 Å². The average Bonchev–Trinajstić information content (AvgIpc) is 3.46. The van der Waals surface area contributed by atoms with E-state index in [4.69, 9.17) is 16.6 Å². The van der Waals surface area contributed by atoms with Crippen LogP contribution in [0.4, 0.5) is 0 Å². The van der Waals surface area contributed by atoms with Gasteiger partial charge in [-0.05, 0) is 31.1 Å². The number of hydrogen-bond acceptors (Lipinski definition) is 9. The molecule has 1 rings (SSSR count). The fourth-order valence-electron chi connectivity index (χ4n) is 4.98. The number of carbonyl (C=O) groups is 8. The summed E-state index contributed by atoms with van der Waals surface area (Å²) < 4.78 is 0. The highest BCUT2D eigenvalue weighted by Gasteiger charge is 2.41. The maximum atomic E-state index is 13.7. The first-order valence-electron chi connectivity index (χ1n) is 15.4. The summed E-state index contributed by atoms with van der Waals surface area (Å²) in [6.45, 7) is 8.84. The molecular weight excluding hydrogens is 606 g/mol. The monoisotopic (exact) mass is 655 g/mol. The Morgan fingerprint density at radius 3 is 1.89 bits per heavy atom. The first-order chi connectivity index (χ1) is 21.4. The second-order valence-corrected chi connectivity index (χ2v) is 11.9. The first-order valence-corrected chi connectivity index (χ1v) is 15.4. The Morgan fingerprint density at radius 1 is 0.804 bits per heavy atom. The van der Waals surface area contributed by atoms with Gasteiger partial charge in [0.1, 0.15) is 30.2 Å². The zero-order valence-electron chi connectivity index (χ0n) is 27.0. The number of nitrogens with zero attached hydrogens (tertiary/aromatic N) is 1. The van der Waals surface area contributed by atoms with E-state index in [9.17, 15) is 43.5 Å². The predicted molar refractivity (Wildman–Crippen MR) is 163 cm³/mol. The third kappa shape index (κ3) is 11.9. The van der Waals surface area contributed by atoms with Crippen LogP contribution in [-0.2, 0) is 38.4 Å². The number of nitrogens with two attached hydrogens (primary N) is 2. The average molecular weight is 656 g/mol. The van der Waals surface area contributed by atoms with Gasteiger partial charge >= 0.3 is 11.9 Å². The van der Waals surface area contributed by atoms with Crippen LogP contribution < -0.4 is 32.7 Å². The number of carboxylic acid groups (broad SMARTS) is 2. The van der Waals surface area contributed by atoms with Crippen molar-refractivity contribution in [3.63, 3.8) is 0 Å². The molecule has 260 valence electrons. The van der Waals surface area contributed by atoms with Crippen molar-refractivity contribution in [1.82, 2.24) is 26.2 Å². The summed E-state index contributed by atoms with van der Waals surface area (Å²) in [6.07, 6.45) is 0.513. The van der Waals surface area contributed by atoms with Crippen LogP contribution in [0.15, 0.2) is 0 Å². The first kappa shape index (κ1) is 39.7. The van der Waals surface area contributed by atoms with Crippen LogP contribution in [0, 0.1) is 11.8 Å². The Hall–Kier alpha value is -4.28. The maximum Gasteiger partial charge on any atom is 0.305 e. The molecule has 1 saturated heterocycles. The van der Waals surface area contributed by atoms with Crippen LogP contribution in [-0.4, -0.2) is 105 Å². The number of primary amides is 1. The van der Waals surface area contributed by atoms with Gasteiger partial charge in [-0.3, -0.25) is 38.4 Å². The van der Waals surface area contributed by atoms with Crippen molar-refractivity contribution in [2.75, 3.05) is 6.54 Å². The largest absolute Gasteiger partial charge is 0.481 e. The Morgan fingerprint density at radius 2 is 1.39 bits per heavy atom. The minimum Gasteiger partial charge on any atom is -0.481 e. The van der Waals surface area contributed by atoms with Gasteiger partial charge in [-0.15, -0.1) is 0 Å². The molecule has 0 spiro atoms. The van der Waals surface area contributed by atoms with Crippen molar-refractivity contribution >= 4 is 47.4 Å². The molecule has 0 bridgehead atoms. The second kappa shape index (κ2) is 18.6. The lowest BCUT2D eigenvalue weighted by molar-refractivity contribution is -0.144. The van der Waals surface area contributed by atoms with E-state index < -0.39 is 108 Å². The molecule has 0 aromatic rings. The molecule has 10 N–H and O–H groups in total. The van der Waals surface area contributed by atoms with Gasteiger partial charge in [0.2, 0.25) is 35.4 Å². The van der Waals surface area contributed by atoms with Crippen molar-refractivity contribution < 1.29 is 48.6 Å². The highest BCUT2D eigenvalue weighted by molar-refractivity contribution is 5.98. The molecule has 1 fully saturated rings. The number of hydrogen-bond donors (Lipinski definition) is 8. The van der Waals surface area contributed by atoms with E-state index in [2.05, 4.69) is 21.3 Å². The third-order valence-corrected chi connectivity index (χ3v) is 7.84. The molecule has 0 saturated carbocycles. The molecule has 17 nitrogen and oxygen atoms in total. The molecule has 17 heteroatoms. The molecule has 1 aliphatic rings. The Kier molecular flexibility index (Phi) is 16.1. The van der Waals surface area contributed by atoms with Crippen molar-refractivity contribution in [3.8, 4) is 0 Å². The second-order valence-electron chi connectivity index (χ2n) is 11.9. The van der Waals surface area contributed by atoms with Crippen molar-refractivity contribution in [2.45, 2.75) is 116 Å². The molecule has 1 aliphatic heterocycles. The zero-order valence-corrected chi connectivity index (χ0v) is 27.0. The number of likely N-dealkylation sites (tertiary alicyclic amines) is 1. The lowest BCUT2D eigenvalue weighted by atomic mass is 9.95. The molecule has 1 heterocycles. The quantitative estimate of drug-likeness (QED) is 0.0767. The van der Waals surface area contributed by atoms with Crippen LogP contribution in [0.3, 0.4) is 0 Å². The number of aliphatic carboxylic acids is 2. The van der Waals surface area contributed by atoms with E-state index >= 15 is 0 Å². The van der Waals surface area contributed by atoms with Gasteiger partial charge in [-0.2, -0.15) is 0 Å². The van der Waals surface area contributed by atoms with Gasteiger partial charge in [-0.1, -0.05) is 47.5 Å². The number of amides is 6. The van der Waals surface area contributed by atoms with Crippen LogP contribution in [0.5, 0.6) is 0 Å². The summed E-state index contributed by atoms with van der Waals surface area (Å²) in [4.78, 5) is 101. The fraction of sp³-hybridized carbons (Fsp3) is 0.724. The maximum absolute atomic E-state index is 13.7. The Labute approximate surface area is 267 Å². The van der Waals surface area contributed by atoms with Crippen LogP contribution >= 0.6 is 0 Å². The summed E-state index contributed by atoms with van der Waals surface area (Å²) in [7, 11) is 0.